The van der Waals surface area contributed by atoms with Crippen molar-refractivity contribution in [2.24, 2.45) is 0 Å². The highest BCUT2D eigenvalue weighted by molar-refractivity contribution is 9.11. The Hall–Kier alpha value is -12.4. The predicted molar refractivity (Wildman–Crippen MR) is 583 cm³/mol. The monoisotopic (exact) mass is 2420 g/mol. The lowest BCUT2D eigenvalue weighted by molar-refractivity contribution is 0.0591. The van der Waals surface area contributed by atoms with Gasteiger partial charge in [0, 0.05) is 105 Å². The second-order valence-electron chi connectivity index (χ2n) is 31.3. The van der Waals surface area contributed by atoms with E-state index in [-0.39, 0.29) is 74.9 Å². The van der Waals surface area contributed by atoms with Gasteiger partial charge < -0.3 is 72.7 Å². The summed E-state index contributed by atoms with van der Waals surface area (Å²) < 4.78 is 44.0. The molecule has 146 heavy (non-hydrogen) atoms. The third-order valence-electron chi connectivity index (χ3n) is 22.4. The topological polar surface area (TPSA) is 349 Å². The maximum Gasteiger partial charge on any atom is 0.339 e. The Bertz CT molecular complexity index is 8240. The minimum absolute atomic E-state index is 0. The van der Waals surface area contributed by atoms with Crippen molar-refractivity contribution in [3.05, 3.63) is 407 Å². The molecule has 0 radical (unpaired) electrons. The number of pyridine rings is 7. The summed E-state index contributed by atoms with van der Waals surface area (Å²) in [5, 5.41) is 79.8. The molecule has 0 bridgehead atoms. The Labute approximate surface area is 911 Å². The lowest BCUT2D eigenvalue weighted by atomic mass is 10.1. The van der Waals surface area contributed by atoms with E-state index < -0.39 is 17.8 Å². The number of hydrogen-bond acceptors (Lipinski definition) is 20. The molecule has 21 aromatic rings. The normalized spacial score (nSPS) is 10.9. The molecule has 41 heteroatoms. The zero-order valence-corrected chi connectivity index (χ0v) is 89.8. The number of aliphatic hydroxyl groups excluding tert-OH is 8. The lowest BCUT2D eigenvalue weighted by Gasteiger charge is -2.04. The number of ether oxygens (including phenoxy) is 3. The van der Waals surface area contributed by atoms with Crippen molar-refractivity contribution in [1.29, 1.82) is 0 Å². The molecule has 7 aromatic carbocycles. The Morgan fingerprint density at radius 1 is 0.329 bits per heavy atom. The van der Waals surface area contributed by atoms with Crippen LogP contribution in [-0.2, 0) is 62.3 Å². The van der Waals surface area contributed by atoms with Crippen molar-refractivity contribution in [1.82, 2.24) is 65.7 Å². The molecule has 14 heterocycles. The zero-order chi connectivity index (χ0) is 103. The minimum atomic E-state index is -0.493. The quantitative estimate of drug-likeness (QED) is 0.0292. The highest BCUT2D eigenvalue weighted by atomic mass is 79.9. The molecule has 0 spiro atoms. The van der Waals surface area contributed by atoms with E-state index in [1.165, 1.54) is 26.4 Å². The minimum Gasteiger partial charge on any atom is -0.497 e. The first kappa shape index (κ1) is 109. The van der Waals surface area contributed by atoms with Gasteiger partial charge in [-0.3, -0.25) is 13.2 Å². The summed E-state index contributed by atoms with van der Waals surface area (Å²) in [5.41, 5.74) is 21.9. The Morgan fingerprint density at radius 3 is 1.05 bits per heavy atom. The number of hydrogen-bond donors (Lipinski definition) is 8. The van der Waals surface area contributed by atoms with E-state index in [0.717, 1.165) is 91.0 Å². The van der Waals surface area contributed by atoms with Gasteiger partial charge in [-0.25, -0.2) is 53.7 Å². The molecule has 744 valence electrons. The Balaban J connectivity index is 0.000000135. The first-order valence-corrected chi connectivity index (χ1v) is 49.1. The van der Waals surface area contributed by atoms with Gasteiger partial charge in [-0.2, -0.15) is 0 Å². The summed E-state index contributed by atoms with van der Waals surface area (Å²) in [5.74, 6) is -0.637. The summed E-state index contributed by atoms with van der Waals surface area (Å²) in [6, 6.07) is 70.6. The van der Waals surface area contributed by atoms with Crippen LogP contribution in [0.2, 0.25) is 35.2 Å². The summed E-state index contributed by atoms with van der Waals surface area (Å²) in [4.78, 5) is 58.3. The number of aliphatic hydroxyl groups is 8. The van der Waals surface area contributed by atoms with Crippen LogP contribution in [0.4, 0.5) is 10.1 Å². The van der Waals surface area contributed by atoms with Crippen LogP contribution in [0, 0.1) is 12.4 Å². The van der Waals surface area contributed by atoms with Crippen LogP contribution < -0.4 is 4.74 Å². The van der Waals surface area contributed by atoms with Gasteiger partial charge in [0.15, 0.2) is 11.3 Å². The maximum atomic E-state index is 13.2. The molecule has 14 aromatic heterocycles. The molecule has 8 N–H and O–H groups in total. The Morgan fingerprint density at radius 2 is 0.658 bits per heavy atom. The number of imidazole rings is 7. The first-order valence-electron chi connectivity index (χ1n) is 43.3. The van der Waals surface area contributed by atoms with E-state index in [1.807, 2.05) is 156 Å². The van der Waals surface area contributed by atoms with Crippen molar-refractivity contribution >= 4 is 219 Å². The molecule has 0 fully saturated rings. The van der Waals surface area contributed by atoms with E-state index in [2.05, 4.69) is 103 Å². The third kappa shape index (κ3) is 24.7. The average molecular weight is 2430 g/mol. The first-order chi connectivity index (χ1) is 70.0. The van der Waals surface area contributed by atoms with Gasteiger partial charge in [-0.15, -0.1) is 17.0 Å². The zero-order valence-electron chi connectivity index (χ0n) is 76.5. The van der Waals surface area contributed by atoms with E-state index in [4.69, 9.17) is 102 Å². The standard InChI is InChI=1S/C16H13BrN2O3.C16H13ClN2O3.C15H10BrN3O.C15H13BrN2O2.C15H12Cl2N2O2.C14H9BrCl2N2O.C14H9Cl2FN2O.BrH/c2*1-22-16(21)11-4-7-14-18-15(13(9-20)19(14)8-11)10-2-5-12(17)6-3-10;1-17-12-6-7-14-18-15(13(9-20)19(14)8-12)10-2-4-11(16)5-3-10;16-12-3-1-11(2-4-12)15-13(9-20)18-6-5-10(8-19)7-14(18)17-15;1-21-11-4-2-3-9(5-11)14-13(8-20)19-7-10(16)6-12(17)15(19)18-14;15-9-3-1-8(2-4-9)13-12(7-20)19-6-10(16)5-11(17)14(19)18-13;15-9-2-4-13-18-14(12(7-20)19(13)6-9)8-1-3-11(17)10(16)5-8;/h2*2-8,20H,9H2,1H3;2-8,20H,9H2;1-7,19-20H,8-9H2;2-7,20H,8H2,1H3;2*1-6,20H,7H2;1H. The van der Waals surface area contributed by atoms with Gasteiger partial charge in [-0.1, -0.05) is 224 Å². The lowest BCUT2D eigenvalue weighted by Crippen LogP contribution is -2.04. The van der Waals surface area contributed by atoms with Gasteiger partial charge in [-0.05, 0) is 163 Å². The fraction of sp³-hybridized carbons (Fsp3) is 0.105. The van der Waals surface area contributed by atoms with E-state index in [1.54, 1.807) is 150 Å². The number of methoxy groups -OCH3 is 3. The summed E-state index contributed by atoms with van der Waals surface area (Å²) in [6.45, 7) is 5.89. The smallest absolute Gasteiger partial charge is 0.339 e. The van der Waals surface area contributed by atoms with E-state index >= 15 is 0 Å². The molecular formula is C105H80Br5Cl7FN15O13. The molecule has 0 aliphatic carbocycles. The number of nitrogens with zero attached hydrogens (tertiary/aromatic N) is 15. The highest BCUT2D eigenvalue weighted by Gasteiger charge is 2.25. The number of halogens is 13. The van der Waals surface area contributed by atoms with Crippen LogP contribution in [0.3, 0.4) is 0 Å². The molecule has 21 rings (SSSR count). The molecule has 0 saturated carbocycles. The number of fused-ring (bicyclic) bond motifs is 7. The van der Waals surface area contributed by atoms with Crippen molar-refractivity contribution in [2.45, 2.75) is 52.9 Å². The number of carbonyl (C=O) groups excluding carboxylic acids is 2. The van der Waals surface area contributed by atoms with Crippen molar-refractivity contribution < 1.29 is 69.0 Å². The fourth-order valence-corrected chi connectivity index (χ4v) is 18.0. The van der Waals surface area contributed by atoms with Crippen LogP contribution in [0.5, 0.6) is 5.75 Å². The van der Waals surface area contributed by atoms with Crippen LogP contribution in [0.1, 0.15) is 66.1 Å². The van der Waals surface area contributed by atoms with Gasteiger partial charge >= 0.3 is 11.9 Å². The molecule has 0 amide bonds. The van der Waals surface area contributed by atoms with Crippen molar-refractivity contribution in [3.63, 3.8) is 0 Å². The van der Waals surface area contributed by atoms with E-state index in [0.29, 0.717) is 143 Å². The second-order valence-corrected chi connectivity index (χ2v) is 37.9. The molecule has 0 saturated heterocycles. The number of esters is 2. The molecule has 0 atom stereocenters. The predicted octanol–water partition coefficient (Wildman–Crippen LogP) is 25.4. The second kappa shape index (κ2) is 49.9. The Kier molecular flexibility index (Phi) is 37.4. The van der Waals surface area contributed by atoms with Gasteiger partial charge in [0.05, 0.1) is 202 Å². The van der Waals surface area contributed by atoms with Gasteiger partial charge in [0.1, 0.15) is 39.8 Å². The summed E-state index contributed by atoms with van der Waals surface area (Å²) in [7, 11) is 4.26. The van der Waals surface area contributed by atoms with Crippen LogP contribution in [0.15, 0.2) is 298 Å². The third-order valence-corrected chi connectivity index (χ3v) is 26.3. The number of aromatic nitrogens is 14. The number of benzene rings is 7. The molecule has 28 nitrogen and oxygen atoms in total. The molecule has 0 unspecified atom stereocenters. The van der Waals surface area contributed by atoms with Crippen LogP contribution >= 0.6 is 162 Å². The van der Waals surface area contributed by atoms with Gasteiger partial charge in [0.2, 0.25) is 5.69 Å². The SMILES string of the molecule is Br.COC(=O)c1ccc2nc(-c3ccc(Br)cc3)c(CO)n2c1.COC(=O)c1ccc2nc(-c3ccc(Cl)cc3)c(CO)n2c1.COc1cccc(-c2nc3c(Cl)cc(Cl)cn3c2CO)c1.OCc1c(-c2ccc(Br)cc2)nc2c(Cl)cc(Cl)cn12.OCc1c(-c2ccc(F)c(Cl)c2)nc2ccc(Cl)cn12.OCc1ccn2c(CO)c(-c3ccc(Br)cc3)nc2c1.[C-]#[N+]c1ccc2nc(-c3ccc(Br)cc3)c(CO)n2c1. The molecule has 0 aliphatic heterocycles. The average Bonchev–Trinajstić information content (AvgIpc) is 1.59. The van der Waals surface area contributed by atoms with Gasteiger partial charge in [0.25, 0.3) is 0 Å². The number of rotatable bonds is 18. The summed E-state index contributed by atoms with van der Waals surface area (Å²) >= 11 is 55.6. The highest BCUT2D eigenvalue weighted by Crippen LogP contribution is 2.38. The van der Waals surface area contributed by atoms with Crippen molar-refractivity contribution in [2.75, 3.05) is 21.3 Å². The largest absolute Gasteiger partial charge is 0.497 e. The fourth-order valence-electron chi connectivity index (χ4n) is 15.5. The number of carbonyl (C=O) groups is 2. The molecular weight excluding hydrogens is 2350 g/mol. The maximum absolute atomic E-state index is 13.2. The summed E-state index contributed by atoms with van der Waals surface area (Å²) in [6.07, 6.45) is 11.8. The molecule has 0 aliphatic rings. The van der Waals surface area contributed by atoms with Crippen LogP contribution in [0.25, 0.3) is 123 Å². The van der Waals surface area contributed by atoms with Crippen LogP contribution in [-0.4, -0.2) is 140 Å². The van der Waals surface area contributed by atoms with Crippen molar-refractivity contribution in [3.8, 4) is 84.6 Å². The van der Waals surface area contributed by atoms with E-state index in [9.17, 15) is 54.8 Å².